The van der Waals surface area contributed by atoms with Crippen molar-refractivity contribution in [2.75, 3.05) is 48.8 Å². The van der Waals surface area contributed by atoms with Crippen LogP contribution < -0.4 is 15.5 Å². The van der Waals surface area contributed by atoms with E-state index in [4.69, 9.17) is 15.0 Å². The van der Waals surface area contributed by atoms with Gasteiger partial charge in [-0.2, -0.15) is 20.1 Å². The molecule has 1 saturated heterocycles. The van der Waals surface area contributed by atoms with Crippen LogP contribution in [0.3, 0.4) is 0 Å². The van der Waals surface area contributed by atoms with Gasteiger partial charge in [0.15, 0.2) is 11.0 Å². The Labute approximate surface area is 214 Å². The van der Waals surface area contributed by atoms with E-state index in [9.17, 15) is 4.79 Å². The van der Waals surface area contributed by atoms with Crippen molar-refractivity contribution in [1.82, 2.24) is 30.0 Å². The number of aromatic amines is 1. The lowest BCUT2D eigenvalue weighted by atomic mass is 9.83. The first-order valence-corrected chi connectivity index (χ1v) is 13.5. The standard InChI is InChI=1S/C25H31N9OS/c1-33-11-13-34(14-12-33)24-28-23(27-21-15-20(31-32-21)16-3-2-4-16)29-25(30-24)36-19-9-7-18(8-10-19)26-22(35)17-5-6-17/h7-10,15-17H,2-6,11-14H2,1H3,(H,26,35)(H2,27,28,29,30,31,32). The molecule has 1 aromatic carbocycles. The summed E-state index contributed by atoms with van der Waals surface area (Å²) in [4.78, 5) is 31.8. The Morgan fingerprint density at radius 3 is 2.50 bits per heavy atom. The predicted octanol–water partition coefficient (Wildman–Crippen LogP) is 3.86. The van der Waals surface area contributed by atoms with Crippen LogP contribution in [0.2, 0.25) is 0 Å². The smallest absolute Gasteiger partial charge is 0.234 e. The number of aromatic nitrogens is 5. The second kappa shape index (κ2) is 10.1. The van der Waals surface area contributed by atoms with Gasteiger partial charge in [0, 0.05) is 60.4 Å². The van der Waals surface area contributed by atoms with Crippen molar-refractivity contribution in [3.63, 3.8) is 0 Å². The number of nitrogens with one attached hydrogen (secondary N) is 3. The van der Waals surface area contributed by atoms with Crippen LogP contribution in [0.5, 0.6) is 0 Å². The van der Waals surface area contributed by atoms with Crippen molar-refractivity contribution < 1.29 is 4.79 Å². The number of piperazine rings is 1. The first-order valence-electron chi connectivity index (χ1n) is 12.7. The maximum atomic E-state index is 12.0. The molecule has 1 amide bonds. The molecule has 11 heteroatoms. The Bertz CT molecular complexity index is 1210. The first kappa shape index (κ1) is 23.2. The third kappa shape index (κ3) is 5.46. The van der Waals surface area contributed by atoms with Gasteiger partial charge in [0.25, 0.3) is 0 Å². The molecular formula is C25H31N9OS. The van der Waals surface area contributed by atoms with E-state index in [2.05, 4.69) is 43.7 Å². The highest BCUT2D eigenvalue weighted by atomic mass is 32.2. The van der Waals surface area contributed by atoms with Gasteiger partial charge in [0.1, 0.15) is 0 Å². The number of likely N-dealkylation sites (N-methyl/N-ethyl adjacent to an activating group) is 1. The average molecular weight is 506 g/mol. The number of benzene rings is 1. The van der Waals surface area contributed by atoms with Gasteiger partial charge in [0.05, 0.1) is 0 Å². The summed E-state index contributed by atoms with van der Waals surface area (Å²) in [6.07, 6.45) is 5.69. The molecule has 0 spiro atoms. The number of nitrogens with zero attached hydrogens (tertiary/aromatic N) is 6. The van der Waals surface area contributed by atoms with Crippen LogP contribution in [-0.2, 0) is 4.79 Å². The molecule has 0 atom stereocenters. The summed E-state index contributed by atoms with van der Waals surface area (Å²) in [6.45, 7) is 3.67. The number of amides is 1. The van der Waals surface area contributed by atoms with E-state index >= 15 is 0 Å². The summed E-state index contributed by atoms with van der Waals surface area (Å²) in [7, 11) is 2.13. The quantitative estimate of drug-likeness (QED) is 0.420. The average Bonchev–Trinajstić information content (AvgIpc) is 3.60. The molecule has 0 radical (unpaired) electrons. The number of anilines is 4. The summed E-state index contributed by atoms with van der Waals surface area (Å²) < 4.78 is 0. The molecule has 3 N–H and O–H groups in total. The molecule has 36 heavy (non-hydrogen) atoms. The maximum absolute atomic E-state index is 12.0. The Kier molecular flexibility index (Phi) is 6.49. The zero-order chi connectivity index (χ0) is 24.5. The molecule has 3 aliphatic rings. The minimum Gasteiger partial charge on any atom is -0.338 e. The number of hydrogen-bond acceptors (Lipinski definition) is 9. The van der Waals surface area contributed by atoms with Crippen molar-refractivity contribution in [1.29, 1.82) is 0 Å². The van der Waals surface area contributed by atoms with Gasteiger partial charge < -0.3 is 20.4 Å². The minimum atomic E-state index is 0.110. The molecule has 2 saturated carbocycles. The lowest BCUT2D eigenvalue weighted by Crippen LogP contribution is -2.45. The fraction of sp³-hybridized carbons (Fsp3) is 0.480. The van der Waals surface area contributed by atoms with E-state index < -0.39 is 0 Å². The lowest BCUT2D eigenvalue weighted by molar-refractivity contribution is -0.117. The van der Waals surface area contributed by atoms with Crippen LogP contribution >= 0.6 is 11.8 Å². The molecule has 1 aliphatic heterocycles. The fourth-order valence-corrected chi connectivity index (χ4v) is 5.08. The van der Waals surface area contributed by atoms with Crippen molar-refractivity contribution in [2.24, 2.45) is 5.92 Å². The summed E-state index contributed by atoms with van der Waals surface area (Å²) in [5.74, 6) is 2.75. The van der Waals surface area contributed by atoms with Gasteiger partial charge in [-0.25, -0.2) is 0 Å². The van der Waals surface area contributed by atoms with E-state index in [0.717, 1.165) is 55.4 Å². The zero-order valence-electron chi connectivity index (χ0n) is 20.4. The molecule has 10 nitrogen and oxygen atoms in total. The van der Waals surface area contributed by atoms with Crippen molar-refractivity contribution in [2.45, 2.75) is 48.1 Å². The van der Waals surface area contributed by atoms with Crippen LogP contribution in [0.15, 0.2) is 40.4 Å². The number of carbonyl (C=O) groups is 1. The van der Waals surface area contributed by atoms with Crippen LogP contribution in [0.1, 0.15) is 43.7 Å². The molecule has 0 unspecified atom stereocenters. The predicted molar refractivity (Wildman–Crippen MR) is 140 cm³/mol. The Balaban J connectivity index is 1.20. The Hall–Kier alpha value is -3.18. The highest BCUT2D eigenvalue weighted by Gasteiger charge is 2.29. The highest BCUT2D eigenvalue weighted by molar-refractivity contribution is 7.99. The normalized spacial score (nSPS) is 18.6. The fourth-order valence-electron chi connectivity index (χ4n) is 4.34. The lowest BCUT2D eigenvalue weighted by Gasteiger charge is -2.32. The van der Waals surface area contributed by atoms with Crippen LogP contribution in [0.25, 0.3) is 0 Å². The van der Waals surface area contributed by atoms with Crippen LogP contribution in [0.4, 0.5) is 23.4 Å². The van der Waals surface area contributed by atoms with E-state index in [-0.39, 0.29) is 11.8 Å². The van der Waals surface area contributed by atoms with Crippen molar-refractivity contribution in [3.05, 3.63) is 36.0 Å². The monoisotopic (exact) mass is 505 g/mol. The molecule has 3 aromatic rings. The minimum absolute atomic E-state index is 0.110. The van der Waals surface area contributed by atoms with Gasteiger partial charge >= 0.3 is 0 Å². The van der Waals surface area contributed by atoms with Gasteiger partial charge in [-0.3, -0.25) is 9.89 Å². The van der Waals surface area contributed by atoms with E-state index in [1.165, 1.54) is 36.7 Å². The molecule has 3 fully saturated rings. The van der Waals surface area contributed by atoms with Crippen molar-refractivity contribution in [3.8, 4) is 0 Å². The second-order valence-corrected chi connectivity index (χ2v) is 10.9. The molecule has 2 aromatic heterocycles. The van der Waals surface area contributed by atoms with Crippen LogP contribution in [0, 0.1) is 5.92 Å². The molecule has 6 rings (SSSR count). The highest BCUT2D eigenvalue weighted by Crippen LogP contribution is 2.36. The molecule has 0 bridgehead atoms. The number of hydrogen-bond donors (Lipinski definition) is 3. The van der Waals surface area contributed by atoms with E-state index in [0.29, 0.717) is 23.0 Å². The van der Waals surface area contributed by atoms with Gasteiger partial charge in [-0.05, 0) is 68.8 Å². The number of carbonyl (C=O) groups excluding carboxylic acids is 1. The van der Waals surface area contributed by atoms with Crippen LogP contribution in [-0.4, -0.2) is 69.2 Å². The Morgan fingerprint density at radius 2 is 1.81 bits per heavy atom. The van der Waals surface area contributed by atoms with Crippen molar-refractivity contribution >= 4 is 41.1 Å². The van der Waals surface area contributed by atoms with Gasteiger partial charge in [0.2, 0.25) is 17.8 Å². The zero-order valence-corrected chi connectivity index (χ0v) is 21.2. The number of H-pyrrole nitrogens is 1. The molecular weight excluding hydrogens is 474 g/mol. The Morgan fingerprint density at radius 1 is 1.03 bits per heavy atom. The maximum Gasteiger partial charge on any atom is 0.234 e. The largest absolute Gasteiger partial charge is 0.338 e. The summed E-state index contributed by atoms with van der Waals surface area (Å²) in [5, 5.41) is 14.5. The summed E-state index contributed by atoms with van der Waals surface area (Å²) >= 11 is 1.48. The molecule has 188 valence electrons. The van der Waals surface area contributed by atoms with Gasteiger partial charge in [-0.1, -0.05) is 6.42 Å². The summed E-state index contributed by atoms with van der Waals surface area (Å²) in [5.41, 5.74) is 1.98. The van der Waals surface area contributed by atoms with E-state index in [1.807, 2.05) is 24.3 Å². The molecule has 2 aliphatic carbocycles. The van der Waals surface area contributed by atoms with E-state index in [1.54, 1.807) is 0 Å². The third-order valence-electron chi connectivity index (χ3n) is 7.05. The SMILES string of the molecule is CN1CCN(c2nc(Nc3cc(C4CCC4)[nH]n3)nc(Sc3ccc(NC(=O)C4CC4)cc3)n2)CC1. The topological polar surface area (TPSA) is 115 Å². The number of rotatable bonds is 8. The third-order valence-corrected chi connectivity index (χ3v) is 7.92. The van der Waals surface area contributed by atoms with Gasteiger partial charge in [-0.15, -0.1) is 0 Å². The second-order valence-electron chi connectivity index (χ2n) is 9.88. The molecule has 3 heterocycles. The first-order chi connectivity index (χ1) is 17.6. The summed E-state index contributed by atoms with van der Waals surface area (Å²) in [6, 6.07) is 9.88.